The van der Waals surface area contributed by atoms with Gasteiger partial charge >= 0.3 is 0 Å². The molecule has 0 bridgehead atoms. The molecule has 0 unspecified atom stereocenters. The minimum atomic E-state index is -1.59. The van der Waals surface area contributed by atoms with Crippen LogP contribution >= 0.6 is 0 Å². The second-order valence-electron chi connectivity index (χ2n) is 18.1. The van der Waals surface area contributed by atoms with Crippen LogP contribution in [0.5, 0.6) is 0 Å². The quantitative estimate of drug-likeness (QED) is 0.124. The lowest BCUT2D eigenvalue weighted by molar-refractivity contribution is -0.324. The number of allylic oxidation sites excluding steroid dienone is 1. The van der Waals surface area contributed by atoms with Crippen LogP contribution in [0, 0.1) is 46.3 Å². The topological polar surface area (TPSA) is 239 Å². The lowest BCUT2D eigenvalue weighted by Gasteiger charge is -2.60. The Hall–Kier alpha value is -0.820. The lowest BCUT2D eigenvalue weighted by atomic mass is 9.46. The fraction of sp³-hybridized carbons (Fsp3) is 0.949. The average Bonchev–Trinajstić information content (AvgIpc) is 3.42. The third kappa shape index (κ3) is 7.42. The SMILES string of the molecule is CC(C)CC[C@H](O)[C@@H](C)[C@@H]1[C@H](O[C@@H]2O[C@H](CO)[C@@H](O)[C@H](O)[C@@H]2O)C[C@@H]2[C@@H]3CC=C4C[C@@H](O)C[C@H](O[C@@H]5O[C@H](CO)[C@@H](O)[C@H](O)[C@@H]5O)[C@]4(C)[C@@H]3CC[C@]12C. The van der Waals surface area contributed by atoms with Crippen molar-refractivity contribution < 1.29 is 70.0 Å². The highest BCUT2D eigenvalue weighted by molar-refractivity contribution is 5.28. The van der Waals surface area contributed by atoms with Crippen molar-refractivity contribution in [1.82, 2.24) is 0 Å². The molecular weight excluding hydrogens is 692 g/mol. The highest BCUT2D eigenvalue weighted by atomic mass is 16.7. The van der Waals surface area contributed by atoms with Gasteiger partial charge in [-0.15, -0.1) is 0 Å². The number of hydrogen-bond donors (Lipinski definition) is 10. The summed E-state index contributed by atoms with van der Waals surface area (Å²) in [6.45, 7) is 9.58. The van der Waals surface area contributed by atoms with Crippen LogP contribution in [0.4, 0.5) is 0 Å². The van der Waals surface area contributed by atoms with E-state index in [9.17, 15) is 51.1 Å². The molecule has 6 aliphatic rings. The first-order valence-corrected chi connectivity index (χ1v) is 19.9. The number of hydrogen-bond acceptors (Lipinski definition) is 14. The third-order valence-corrected chi connectivity index (χ3v) is 14.7. The zero-order valence-electron chi connectivity index (χ0n) is 31.8. The van der Waals surface area contributed by atoms with E-state index in [1.807, 2.05) is 0 Å². The molecule has 3 saturated carbocycles. The molecule has 2 aliphatic heterocycles. The highest BCUT2D eigenvalue weighted by Gasteiger charge is 2.65. The van der Waals surface area contributed by atoms with Gasteiger partial charge in [-0.2, -0.15) is 0 Å². The van der Waals surface area contributed by atoms with Crippen LogP contribution < -0.4 is 0 Å². The first-order chi connectivity index (χ1) is 25.0. The van der Waals surface area contributed by atoms with Gasteiger partial charge in [0.1, 0.15) is 48.8 Å². The van der Waals surface area contributed by atoms with Crippen molar-refractivity contribution in [2.24, 2.45) is 46.3 Å². The molecular formula is C39H66O14. The maximum Gasteiger partial charge on any atom is 0.187 e. The average molecular weight is 759 g/mol. The van der Waals surface area contributed by atoms with Gasteiger partial charge in [0.05, 0.1) is 37.6 Å². The molecule has 2 saturated heterocycles. The van der Waals surface area contributed by atoms with Gasteiger partial charge < -0.3 is 70.0 Å². The van der Waals surface area contributed by atoms with Gasteiger partial charge in [-0.3, -0.25) is 0 Å². The van der Waals surface area contributed by atoms with E-state index in [0.29, 0.717) is 25.2 Å². The van der Waals surface area contributed by atoms with E-state index in [-0.39, 0.29) is 41.4 Å². The van der Waals surface area contributed by atoms with Crippen molar-refractivity contribution in [2.45, 2.75) is 172 Å². The van der Waals surface area contributed by atoms with Crippen molar-refractivity contribution in [2.75, 3.05) is 13.2 Å². The predicted octanol–water partition coefficient (Wildman–Crippen LogP) is -0.0505. The van der Waals surface area contributed by atoms with Crippen LogP contribution in [-0.2, 0) is 18.9 Å². The fourth-order valence-electron chi connectivity index (χ4n) is 11.7. The van der Waals surface area contributed by atoms with Gasteiger partial charge in [0, 0.05) is 11.8 Å². The van der Waals surface area contributed by atoms with Crippen LogP contribution in [0.25, 0.3) is 0 Å². The summed E-state index contributed by atoms with van der Waals surface area (Å²) in [6, 6.07) is 0. The lowest BCUT2D eigenvalue weighted by Crippen LogP contribution is -2.62. The Bertz CT molecular complexity index is 1260. The maximum absolute atomic E-state index is 11.6. The third-order valence-electron chi connectivity index (χ3n) is 14.7. The van der Waals surface area contributed by atoms with Gasteiger partial charge in [0.2, 0.25) is 0 Å². The van der Waals surface area contributed by atoms with Crippen molar-refractivity contribution in [3.8, 4) is 0 Å². The summed E-state index contributed by atoms with van der Waals surface area (Å²) in [5.41, 5.74) is 0.176. The summed E-state index contributed by atoms with van der Waals surface area (Å²) in [5, 5.41) is 106. The van der Waals surface area contributed by atoms with Gasteiger partial charge in [0.15, 0.2) is 12.6 Å². The van der Waals surface area contributed by atoms with Crippen molar-refractivity contribution in [3.05, 3.63) is 11.6 Å². The van der Waals surface area contributed by atoms with Gasteiger partial charge in [-0.25, -0.2) is 0 Å². The first kappa shape index (κ1) is 41.8. The monoisotopic (exact) mass is 758 g/mol. The second-order valence-corrected chi connectivity index (χ2v) is 18.1. The molecule has 4 aliphatic carbocycles. The molecule has 0 radical (unpaired) electrons. The van der Waals surface area contributed by atoms with Crippen LogP contribution in [0.1, 0.15) is 86.0 Å². The Kier molecular flexibility index (Phi) is 12.8. The molecule has 53 heavy (non-hydrogen) atoms. The molecule has 21 atom stereocenters. The summed E-state index contributed by atoms with van der Waals surface area (Å²) >= 11 is 0. The number of aliphatic hydroxyl groups is 10. The molecule has 10 N–H and O–H groups in total. The minimum Gasteiger partial charge on any atom is -0.394 e. The van der Waals surface area contributed by atoms with E-state index in [4.69, 9.17) is 18.9 Å². The molecule has 14 heteroatoms. The number of ether oxygens (including phenoxy) is 4. The zero-order valence-corrected chi connectivity index (χ0v) is 31.8. The van der Waals surface area contributed by atoms with Crippen molar-refractivity contribution in [1.29, 1.82) is 0 Å². The molecule has 0 aromatic heterocycles. The van der Waals surface area contributed by atoms with Gasteiger partial charge in [-0.1, -0.05) is 46.3 Å². The smallest absolute Gasteiger partial charge is 0.187 e. The van der Waals surface area contributed by atoms with Crippen LogP contribution in [0.3, 0.4) is 0 Å². The van der Waals surface area contributed by atoms with Crippen molar-refractivity contribution >= 4 is 0 Å². The number of rotatable bonds is 11. The summed E-state index contributed by atoms with van der Waals surface area (Å²) in [7, 11) is 0. The molecule has 306 valence electrons. The molecule has 6 rings (SSSR count). The molecule has 14 nitrogen and oxygen atoms in total. The van der Waals surface area contributed by atoms with E-state index in [2.05, 4.69) is 40.7 Å². The van der Waals surface area contributed by atoms with E-state index >= 15 is 0 Å². The Morgan fingerprint density at radius 3 is 1.92 bits per heavy atom. The molecule has 0 aromatic rings. The highest BCUT2D eigenvalue weighted by Crippen LogP contribution is 2.68. The molecule has 0 aromatic carbocycles. The van der Waals surface area contributed by atoms with Gasteiger partial charge in [-0.05, 0) is 85.9 Å². The van der Waals surface area contributed by atoms with Crippen LogP contribution in [0.15, 0.2) is 11.6 Å². The number of aliphatic hydroxyl groups excluding tert-OH is 10. The predicted molar refractivity (Wildman–Crippen MR) is 188 cm³/mol. The Morgan fingerprint density at radius 1 is 0.774 bits per heavy atom. The standard InChI is InChI=1S/C39H66O14/c1-17(2)6-9-24(43)18(3)29-25(50-36-34(48)32(46)30(44)26(15-40)51-36)14-23-21-8-7-19-12-20(42)13-28(39(19,5)22(21)10-11-38(23,29)4)53-37-35(49)33(47)31(45)27(16-41)52-37/h7,17-18,20-37,40-49H,6,8-16H2,1-5H3/t18-,20-,21-,22-,23-,24+,25-,26-,27-,28+,29-,30-,31-,32+,33+,34+,35+,36-,37+,38+,39+/m1/s1. The molecule has 5 fully saturated rings. The minimum absolute atomic E-state index is 0.0794. The van der Waals surface area contributed by atoms with Crippen LogP contribution in [-0.4, -0.2) is 150 Å². The van der Waals surface area contributed by atoms with E-state index < -0.39 is 104 Å². The zero-order chi connectivity index (χ0) is 38.7. The Balaban J connectivity index is 1.31. The van der Waals surface area contributed by atoms with E-state index in [1.165, 1.54) is 0 Å². The van der Waals surface area contributed by atoms with Gasteiger partial charge in [0.25, 0.3) is 0 Å². The largest absolute Gasteiger partial charge is 0.394 e. The Labute approximate surface area is 312 Å². The number of fused-ring (bicyclic) bond motifs is 5. The summed E-state index contributed by atoms with van der Waals surface area (Å²) < 4.78 is 24.8. The summed E-state index contributed by atoms with van der Waals surface area (Å²) in [5.74, 6) is 0.371. The van der Waals surface area contributed by atoms with Crippen LogP contribution in [0.2, 0.25) is 0 Å². The molecule has 2 heterocycles. The molecule has 0 spiro atoms. The normalized spacial score (nSPS) is 51.2. The second kappa shape index (κ2) is 16.2. The van der Waals surface area contributed by atoms with E-state index in [0.717, 1.165) is 31.3 Å². The first-order valence-electron chi connectivity index (χ1n) is 19.9. The Morgan fingerprint density at radius 2 is 1.36 bits per heavy atom. The summed E-state index contributed by atoms with van der Waals surface area (Å²) in [6.07, 6.45) is -9.27. The van der Waals surface area contributed by atoms with E-state index in [1.54, 1.807) is 0 Å². The fourth-order valence-corrected chi connectivity index (χ4v) is 11.7. The van der Waals surface area contributed by atoms with Crippen molar-refractivity contribution in [3.63, 3.8) is 0 Å². The summed E-state index contributed by atoms with van der Waals surface area (Å²) in [4.78, 5) is 0. The maximum atomic E-state index is 11.6. The molecule has 0 amide bonds.